The molecule has 1 fully saturated rings. The van der Waals surface area contributed by atoms with Crippen LogP contribution >= 0.6 is 0 Å². The largest absolute Gasteiger partial charge is 0.497 e. The van der Waals surface area contributed by atoms with Crippen LogP contribution < -0.4 is 9.47 Å². The summed E-state index contributed by atoms with van der Waals surface area (Å²) in [6, 6.07) is 15.7. The number of methoxy groups -OCH3 is 2. The van der Waals surface area contributed by atoms with Gasteiger partial charge in [0.15, 0.2) is 0 Å². The molecule has 0 unspecified atom stereocenters. The third-order valence-corrected chi connectivity index (χ3v) is 6.02. The molecule has 4 rings (SSSR count). The van der Waals surface area contributed by atoms with Gasteiger partial charge in [-0.3, -0.25) is 9.69 Å². The van der Waals surface area contributed by atoms with E-state index in [4.69, 9.17) is 14.6 Å². The van der Waals surface area contributed by atoms with Gasteiger partial charge in [-0.05, 0) is 24.7 Å². The number of hydrazone groups is 1. The van der Waals surface area contributed by atoms with Crippen molar-refractivity contribution in [3.63, 3.8) is 0 Å². The number of amides is 1. The highest BCUT2D eigenvalue weighted by Crippen LogP contribution is 2.36. The van der Waals surface area contributed by atoms with Gasteiger partial charge < -0.3 is 14.4 Å². The van der Waals surface area contributed by atoms with Gasteiger partial charge in [0, 0.05) is 44.2 Å². The number of carbonyl (C=O) groups excluding carboxylic acids is 1. The lowest BCUT2D eigenvalue weighted by Gasteiger charge is -2.33. The number of benzene rings is 2. The maximum absolute atomic E-state index is 13.3. The second kappa shape index (κ2) is 9.49. The Bertz CT molecular complexity index is 939. The van der Waals surface area contributed by atoms with Crippen LogP contribution in [0.2, 0.25) is 0 Å². The fourth-order valence-electron chi connectivity index (χ4n) is 4.14. The van der Waals surface area contributed by atoms with Crippen molar-refractivity contribution >= 4 is 11.6 Å². The van der Waals surface area contributed by atoms with Gasteiger partial charge in [-0.25, -0.2) is 5.01 Å². The van der Waals surface area contributed by atoms with E-state index in [-0.39, 0.29) is 11.9 Å². The molecule has 0 N–H and O–H groups in total. The highest BCUT2D eigenvalue weighted by atomic mass is 16.5. The molecule has 0 bridgehead atoms. The van der Waals surface area contributed by atoms with Gasteiger partial charge >= 0.3 is 0 Å². The zero-order valence-electron chi connectivity index (χ0n) is 18.5. The number of carbonyl (C=O) groups is 1. The van der Waals surface area contributed by atoms with Crippen LogP contribution in [0.4, 0.5) is 0 Å². The zero-order chi connectivity index (χ0) is 21.8. The summed E-state index contributed by atoms with van der Waals surface area (Å²) < 4.78 is 10.9. The van der Waals surface area contributed by atoms with E-state index in [1.165, 1.54) is 0 Å². The molecule has 2 aromatic carbocycles. The van der Waals surface area contributed by atoms with Gasteiger partial charge in [0.25, 0.3) is 5.91 Å². The lowest BCUT2D eigenvalue weighted by atomic mass is 9.98. The van der Waals surface area contributed by atoms with Crippen molar-refractivity contribution in [3.8, 4) is 11.5 Å². The van der Waals surface area contributed by atoms with Crippen LogP contribution in [0.1, 0.15) is 23.6 Å². The first-order chi connectivity index (χ1) is 15.1. The first-order valence-corrected chi connectivity index (χ1v) is 10.7. The van der Waals surface area contributed by atoms with Gasteiger partial charge in [0.1, 0.15) is 11.5 Å². The summed E-state index contributed by atoms with van der Waals surface area (Å²) in [5.74, 6) is 1.45. The lowest BCUT2D eigenvalue weighted by Crippen LogP contribution is -2.48. The second-order valence-electron chi connectivity index (χ2n) is 8.06. The van der Waals surface area contributed by atoms with Crippen molar-refractivity contribution in [2.24, 2.45) is 5.10 Å². The molecule has 2 aliphatic rings. The summed E-state index contributed by atoms with van der Waals surface area (Å²) in [6.45, 7) is 4.14. The maximum Gasteiger partial charge on any atom is 0.257 e. The summed E-state index contributed by atoms with van der Waals surface area (Å²) in [7, 11) is 5.38. The molecule has 164 valence electrons. The van der Waals surface area contributed by atoms with Crippen LogP contribution in [-0.4, -0.2) is 80.4 Å². The Labute approximate surface area is 183 Å². The Kier molecular flexibility index (Phi) is 6.53. The van der Waals surface area contributed by atoms with Gasteiger partial charge in [-0.15, -0.1) is 0 Å². The van der Waals surface area contributed by atoms with Gasteiger partial charge in [0.05, 0.1) is 32.5 Å². The molecular weight excluding hydrogens is 392 g/mol. The molecule has 2 aromatic rings. The van der Waals surface area contributed by atoms with Crippen molar-refractivity contribution in [1.82, 2.24) is 14.8 Å². The Morgan fingerprint density at radius 1 is 1.03 bits per heavy atom. The Hall–Kier alpha value is -2.90. The topological polar surface area (TPSA) is 57.6 Å². The number of hydrogen-bond donors (Lipinski definition) is 0. The fraction of sp³-hybridized carbons (Fsp3) is 0.417. The summed E-state index contributed by atoms with van der Waals surface area (Å²) in [5, 5.41) is 6.48. The molecule has 1 saturated heterocycles. The van der Waals surface area contributed by atoms with Crippen LogP contribution in [0.25, 0.3) is 0 Å². The second-order valence-corrected chi connectivity index (χ2v) is 8.06. The lowest BCUT2D eigenvalue weighted by molar-refractivity contribution is -0.134. The Morgan fingerprint density at radius 2 is 1.77 bits per heavy atom. The predicted molar refractivity (Wildman–Crippen MR) is 121 cm³/mol. The van der Waals surface area contributed by atoms with Crippen molar-refractivity contribution in [2.45, 2.75) is 12.5 Å². The monoisotopic (exact) mass is 422 g/mol. The van der Waals surface area contributed by atoms with Crippen molar-refractivity contribution in [3.05, 3.63) is 59.7 Å². The van der Waals surface area contributed by atoms with Crippen molar-refractivity contribution in [2.75, 3.05) is 54.0 Å². The van der Waals surface area contributed by atoms with Gasteiger partial charge in [-0.1, -0.05) is 30.3 Å². The highest BCUT2D eigenvalue weighted by Gasteiger charge is 2.34. The number of rotatable bonds is 6. The quantitative estimate of drug-likeness (QED) is 0.716. The summed E-state index contributed by atoms with van der Waals surface area (Å²) in [4.78, 5) is 17.8. The molecule has 2 heterocycles. The fourth-order valence-corrected chi connectivity index (χ4v) is 4.14. The van der Waals surface area contributed by atoms with E-state index >= 15 is 0 Å². The molecule has 2 aliphatic heterocycles. The van der Waals surface area contributed by atoms with E-state index in [1.807, 2.05) is 36.4 Å². The smallest absolute Gasteiger partial charge is 0.257 e. The average molecular weight is 423 g/mol. The minimum atomic E-state index is -0.122. The molecule has 7 heteroatoms. The zero-order valence-corrected chi connectivity index (χ0v) is 18.5. The van der Waals surface area contributed by atoms with E-state index in [0.717, 1.165) is 48.8 Å². The van der Waals surface area contributed by atoms with Crippen LogP contribution in [0, 0.1) is 0 Å². The Balaban J connectivity index is 1.61. The van der Waals surface area contributed by atoms with Crippen LogP contribution in [0.5, 0.6) is 11.5 Å². The summed E-state index contributed by atoms with van der Waals surface area (Å²) in [6.07, 6.45) is 0.640. The number of likely N-dealkylation sites (N-methyl/N-ethyl adjacent to an activating group) is 1. The number of piperazine rings is 1. The highest BCUT2D eigenvalue weighted by molar-refractivity contribution is 6.05. The van der Waals surface area contributed by atoms with Crippen LogP contribution in [-0.2, 0) is 4.79 Å². The first kappa shape index (κ1) is 21.3. The number of ether oxygens (including phenoxy) is 2. The first-order valence-electron chi connectivity index (χ1n) is 10.7. The molecule has 0 aromatic heterocycles. The van der Waals surface area contributed by atoms with Crippen molar-refractivity contribution in [1.29, 1.82) is 0 Å². The standard InChI is InChI=1S/C24H30N4O3/c1-26-11-13-27(14-12-26)17-24(29)28-22(18-7-5-4-6-8-18)16-21(25-28)20-10-9-19(30-2)15-23(20)31-3/h4-10,15,22H,11-14,16-17H2,1-3H3/t22-/m0/s1. The predicted octanol–water partition coefficient (Wildman–Crippen LogP) is 2.63. The summed E-state index contributed by atoms with van der Waals surface area (Å²) in [5.41, 5.74) is 2.82. The maximum atomic E-state index is 13.3. The van der Waals surface area contributed by atoms with E-state index in [1.54, 1.807) is 19.2 Å². The summed E-state index contributed by atoms with van der Waals surface area (Å²) >= 11 is 0. The van der Waals surface area contributed by atoms with Gasteiger partial charge in [0.2, 0.25) is 0 Å². The van der Waals surface area contributed by atoms with E-state index in [2.05, 4.69) is 29.0 Å². The third-order valence-electron chi connectivity index (χ3n) is 6.02. The van der Waals surface area contributed by atoms with Crippen LogP contribution in [0.15, 0.2) is 53.6 Å². The molecule has 7 nitrogen and oxygen atoms in total. The average Bonchev–Trinajstić information content (AvgIpc) is 3.26. The number of hydrogen-bond acceptors (Lipinski definition) is 6. The van der Waals surface area contributed by atoms with E-state index in [9.17, 15) is 4.79 Å². The SMILES string of the molecule is COc1ccc(C2=NN(C(=O)CN3CCN(C)CC3)[C@H](c3ccccc3)C2)c(OC)c1. The van der Waals surface area contributed by atoms with Crippen LogP contribution in [0.3, 0.4) is 0 Å². The molecule has 1 atom stereocenters. The Morgan fingerprint density at radius 3 is 2.45 bits per heavy atom. The molecular formula is C24H30N4O3. The normalized spacial score (nSPS) is 19.9. The molecule has 1 amide bonds. The molecule has 0 aliphatic carbocycles. The van der Waals surface area contributed by atoms with E-state index < -0.39 is 0 Å². The third kappa shape index (κ3) is 4.73. The van der Waals surface area contributed by atoms with E-state index in [0.29, 0.717) is 18.7 Å². The number of nitrogens with zero attached hydrogens (tertiary/aromatic N) is 4. The molecule has 31 heavy (non-hydrogen) atoms. The van der Waals surface area contributed by atoms with Crippen molar-refractivity contribution < 1.29 is 14.3 Å². The van der Waals surface area contributed by atoms with Gasteiger partial charge in [-0.2, -0.15) is 5.10 Å². The minimum Gasteiger partial charge on any atom is -0.497 e. The minimum absolute atomic E-state index is 0.0286. The molecule has 0 radical (unpaired) electrons. The molecule has 0 saturated carbocycles. The molecule has 0 spiro atoms.